The van der Waals surface area contributed by atoms with Gasteiger partial charge in [-0.15, -0.1) is 0 Å². The van der Waals surface area contributed by atoms with Crippen LogP contribution < -0.4 is 0 Å². The second-order valence-electron chi connectivity index (χ2n) is 4.58. The van der Waals surface area contributed by atoms with E-state index in [1.54, 1.807) is 18.1 Å². The Kier molecular flexibility index (Phi) is 2.96. The first-order valence-electron chi connectivity index (χ1n) is 5.57. The summed E-state index contributed by atoms with van der Waals surface area (Å²) in [6.07, 6.45) is 6.73. The highest BCUT2D eigenvalue weighted by molar-refractivity contribution is 5.93. The molecule has 1 aromatic heterocycles. The Morgan fingerprint density at radius 3 is 2.88 bits per heavy atom. The van der Waals surface area contributed by atoms with Gasteiger partial charge in [0, 0.05) is 19.8 Å². The first kappa shape index (κ1) is 11.1. The van der Waals surface area contributed by atoms with Crippen LogP contribution in [0.3, 0.4) is 0 Å². The van der Waals surface area contributed by atoms with Crippen molar-refractivity contribution in [2.24, 2.45) is 0 Å². The van der Waals surface area contributed by atoms with Crippen molar-refractivity contribution in [2.45, 2.75) is 31.3 Å². The minimum atomic E-state index is -0.686. The molecule has 1 fully saturated rings. The molecule has 1 saturated carbocycles. The third kappa shape index (κ3) is 2.24. The van der Waals surface area contributed by atoms with Crippen LogP contribution in [0.5, 0.6) is 0 Å². The maximum absolute atomic E-state index is 11.9. The molecule has 1 heterocycles. The highest BCUT2D eigenvalue weighted by Gasteiger charge is 2.33. The number of aromatic amines is 1. The number of H-pyrrole nitrogens is 1. The van der Waals surface area contributed by atoms with E-state index in [1.165, 1.54) is 6.20 Å². The zero-order valence-electron chi connectivity index (χ0n) is 9.44. The third-order valence-electron chi connectivity index (χ3n) is 3.16. The number of amides is 1. The van der Waals surface area contributed by atoms with Gasteiger partial charge in [0.1, 0.15) is 0 Å². The van der Waals surface area contributed by atoms with Gasteiger partial charge in [0.15, 0.2) is 0 Å². The van der Waals surface area contributed by atoms with E-state index >= 15 is 0 Å². The molecule has 0 unspecified atom stereocenters. The minimum absolute atomic E-state index is 0.103. The molecule has 1 amide bonds. The summed E-state index contributed by atoms with van der Waals surface area (Å²) in [5.74, 6) is -0.103. The van der Waals surface area contributed by atoms with Crippen molar-refractivity contribution in [3.63, 3.8) is 0 Å². The number of carbonyl (C=O) groups is 1. The van der Waals surface area contributed by atoms with Crippen LogP contribution in [0.1, 0.15) is 36.0 Å². The Hall–Kier alpha value is -1.36. The average molecular weight is 223 g/mol. The van der Waals surface area contributed by atoms with E-state index in [0.29, 0.717) is 12.1 Å². The van der Waals surface area contributed by atoms with Gasteiger partial charge in [-0.3, -0.25) is 9.89 Å². The van der Waals surface area contributed by atoms with Crippen LogP contribution in [-0.4, -0.2) is 45.3 Å². The fourth-order valence-corrected chi connectivity index (χ4v) is 2.29. The van der Waals surface area contributed by atoms with E-state index in [0.717, 1.165) is 25.7 Å². The molecule has 1 aliphatic rings. The minimum Gasteiger partial charge on any atom is -0.388 e. The fourth-order valence-electron chi connectivity index (χ4n) is 2.29. The van der Waals surface area contributed by atoms with Gasteiger partial charge in [-0.25, -0.2) is 0 Å². The van der Waals surface area contributed by atoms with Gasteiger partial charge >= 0.3 is 0 Å². The topological polar surface area (TPSA) is 69.2 Å². The van der Waals surface area contributed by atoms with Crippen molar-refractivity contribution in [1.29, 1.82) is 0 Å². The Morgan fingerprint density at radius 1 is 1.62 bits per heavy atom. The number of carbonyl (C=O) groups excluding carboxylic acids is 1. The fraction of sp³-hybridized carbons (Fsp3) is 0.636. The zero-order valence-corrected chi connectivity index (χ0v) is 9.44. The van der Waals surface area contributed by atoms with Crippen molar-refractivity contribution < 1.29 is 9.90 Å². The molecule has 88 valence electrons. The van der Waals surface area contributed by atoms with E-state index in [9.17, 15) is 9.90 Å². The number of rotatable bonds is 3. The summed E-state index contributed by atoms with van der Waals surface area (Å²) in [5.41, 5.74) is -0.155. The number of nitrogens with one attached hydrogen (secondary N) is 1. The molecular formula is C11H17N3O2. The molecule has 16 heavy (non-hydrogen) atoms. The van der Waals surface area contributed by atoms with Crippen molar-refractivity contribution in [3.8, 4) is 0 Å². The van der Waals surface area contributed by atoms with E-state index in [1.807, 2.05) is 0 Å². The van der Waals surface area contributed by atoms with Gasteiger partial charge in [0.2, 0.25) is 0 Å². The number of aromatic nitrogens is 2. The van der Waals surface area contributed by atoms with Gasteiger partial charge in [0.25, 0.3) is 5.91 Å². The third-order valence-corrected chi connectivity index (χ3v) is 3.16. The quantitative estimate of drug-likeness (QED) is 0.795. The monoisotopic (exact) mass is 223 g/mol. The van der Waals surface area contributed by atoms with Crippen molar-refractivity contribution >= 4 is 5.91 Å². The van der Waals surface area contributed by atoms with Crippen LogP contribution >= 0.6 is 0 Å². The lowest BCUT2D eigenvalue weighted by molar-refractivity contribution is 0.0157. The van der Waals surface area contributed by atoms with E-state index in [4.69, 9.17) is 0 Å². The van der Waals surface area contributed by atoms with Crippen molar-refractivity contribution in [3.05, 3.63) is 18.0 Å². The molecule has 0 spiro atoms. The molecule has 2 N–H and O–H groups in total. The first-order chi connectivity index (χ1) is 7.61. The molecule has 0 aromatic carbocycles. The van der Waals surface area contributed by atoms with Gasteiger partial charge in [-0.1, -0.05) is 12.8 Å². The van der Waals surface area contributed by atoms with Crippen LogP contribution in [0, 0.1) is 0 Å². The number of aliphatic hydroxyl groups is 1. The predicted octanol–water partition coefficient (Wildman–Crippen LogP) is 0.787. The Balaban J connectivity index is 1.97. The van der Waals surface area contributed by atoms with Gasteiger partial charge in [0.05, 0.1) is 17.4 Å². The lowest BCUT2D eigenvalue weighted by Crippen LogP contribution is -2.41. The standard InChI is InChI=1S/C11H17N3O2/c1-14(8-11(16)4-2-3-5-11)10(15)9-6-12-13-7-9/h6-7,16H,2-5,8H2,1H3,(H,12,13). The van der Waals surface area contributed by atoms with Crippen molar-refractivity contribution in [1.82, 2.24) is 15.1 Å². The highest BCUT2D eigenvalue weighted by atomic mass is 16.3. The van der Waals surface area contributed by atoms with E-state index in [2.05, 4.69) is 10.2 Å². The molecule has 0 saturated heterocycles. The summed E-state index contributed by atoms with van der Waals surface area (Å²) in [6.45, 7) is 0.400. The van der Waals surface area contributed by atoms with Crippen molar-refractivity contribution in [2.75, 3.05) is 13.6 Å². The molecule has 0 bridgehead atoms. The van der Waals surface area contributed by atoms with E-state index < -0.39 is 5.60 Å². The Labute approximate surface area is 94.5 Å². The largest absolute Gasteiger partial charge is 0.388 e. The molecule has 0 aliphatic heterocycles. The second kappa shape index (κ2) is 4.25. The summed E-state index contributed by atoms with van der Waals surface area (Å²) in [5, 5.41) is 16.5. The highest BCUT2D eigenvalue weighted by Crippen LogP contribution is 2.30. The molecule has 0 radical (unpaired) electrons. The maximum Gasteiger partial charge on any atom is 0.256 e. The lowest BCUT2D eigenvalue weighted by atomic mass is 10.0. The first-order valence-corrected chi connectivity index (χ1v) is 5.57. The maximum atomic E-state index is 11.9. The second-order valence-corrected chi connectivity index (χ2v) is 4.58. The SMILES string of the molecule is CN(CC1(O)CCCC1)C(=O)c1cn[nH]c1. The summed E-state index contributed by atoms with van der Waals surface area (Å²) < 4.78 is 0. The lowest BCUT2D eigenvalue weighted by Gasteiger charge is -2.28. The van der Waals surface area contributed by atoms with E-state index in [-0.39, 0.29) is 5.91 Å². The number of hydrogen-bond donors (Lipinski definition) is 2. The number of nitrogens with zero attached hydrogens (tertiary/aromatic N) is 2. The Bertz CT molecular complexity index is 355. The summed E-state index contributed by atoms with van der Waals surface area (Å²) in [4.78, 5) is 13.5. The summed E-state index contributed by atoms with van der Waals surface area (Å²) in [6, 6.07) is 0. The molecule has 1 aromatic rings. The molecule has 0 atom stereocenters. The van der Waals surface area contributed by atoms with Gasteiger partial charge in [-0.05, 0) is 12.8 Å². The smallest absolute Gasteiger partial charge is 0.256 e. The molecule has 1 aliphatic carbocycles. The van der Waals surface area contributed by atoms with Crippen LogP contribution in [0.25, 0.3) is 0 Å². The molecule has 2 rings (SSSR count). The Morgan fingerprint density at radius 2 is 2.31 bits per heavy atom. The average Bonchev–Trinajstić information content (AvgIpc) is 2.87. The molecule has 5 heteroatoms. The van der Waals surface area contributed by atoms with Crippen LogP contribution in [-0.2, 0) is 0 Å². The number of hydrogen-bond acceptors (Lipinski definition) is 3. The summed E-state index contributed by atoms with van der Waals surface area (Å²) in [7, 11) is 1.71. The zero-order chi connectivity index (χ0) is 11.6. The normalized spacial score (nSPS) is 18.6. The number of likely N-dealkylation sites (N-methyl/N-ethyl adjacent to an activating group) is 1. The van der Waals surface area contributed by atoms with Gasteiger partial charge < -0.3 is 10.0 Å². The van der Waals surface area contributed by atoms with Crippen LogP contribution in [0.4, 0.5) is 0 Å². The van der Waals surface area contributed by atoms with Crippen LogP contribution in [0.2, 0.25) is 0 Å². The van der Waals surface area contributed by atoms with Crippen LogP contribution in [0.15, 0.2) is 12.4 Å². The predicted molar refractivity (Wildman–Crippen MR) is 59.0 cm³/mol. The summed E-state index contributed by atoms with van der Waals surface area (Å²) >= 11 is 0. The molecular weight excluding hydrogens is 206 g/mol. The molecule has 5 nitrogen and oxygen atoms in total. The van der Waals surface area contributed by atoms with Gasteiger partial charge in [-0.2, -0.15) is 5.10 Å².